The number of likely N-dealkylation sites (N-methyl/N-ethyl adjacent to an activating group) is 1. The normalized spacial score (nSPS) is 23.6. The summed E-state index contributed by atoms with van der Waals surface area (Å²) in [5, 5.41) is 5.46. The standard InChI is InChI=1S/C13H22N4O3/c1-2-14-12(19)9-16-3-5-17(6-4-16)13(20)10-7-11(18)15-8-10/h10H,2-9H2,1H3,(H,14,19)(H,15,18). The average molecular weight is 282 g/mol. The van der Waals surface area contributed by atoms with Gasteiger partial charge in [-0.2, -0.15) is 0 Å². The number of nitrogens with one attached hydrogen (secondary N) is 2. The summed E-state index contributed by atoms with van der Waals surface area (Å²) in [5.41, 5.74) is 0. The summed E-state index contributed by atoms with van der Waals surface area (Å²) in [5.74, 6) is -0.172. The smallest absolute Gasteiger partial charge is 0.234 e. The van der Waals surface area contributed by atoms with Gasteiger partial charge in [-0.15, -0.1) is 0 Å². The molecule has 2 heterocycles. The first kappa shape index (κ1) is 14.8. The molecule has 0 aromatic rings. The predicted molar refractivity (Wildman–Crippen MR) is 72.8 cm³/mol. The first-order valence-corrected chi connectivity index (χ1v) is 7.14. The molecule has 1 unspecified atom stereocenters. The Bertz CT molecular complexity index is 391. The van der Waals surface area contributed by atoms with E-state index in [0.717, 1.165) is 0 Å². The molecule has 112 valence electrons. The molecule has 1 atom stereocenters. The first-order valence-electron chi connectivity index (χ1n) is 7.14. The van der Waals surface area contributed by atoms with Gasteiger partial charge in [0.05, 0.1) is 12.5 Å². The molecule has 0 spiro atoms. The maximum Gasteiger partial charge on any atom is 0.234 e. The van der Waals surface area contributed by atoms with Gasteiger partial charge in [-0.3, -0.25) is 19.3 Å². The third-order valence-corrected chi connectivity index (χ3v) is 3.75. The lowest BCUT2D eigenvalue weighted by atomic mass is 10.1. The van der Waals surface area contributed by atoms with Gasteiger partial charge in [0, 0.05) is 45.7 Å². The Hall–Kier alpha value is -1.63. The summed E-state index contributed by atoms with van der Waals surface area (Å²) in [4.78, 5) is 38.7. The Balaban J connectivity index is 1.75. The zero-order valence-corrected chi connectivity index (χ0v) is 11.9. The zero-order valence-electron chi connectivity index (χ0n) is 11.9. The molecule has 20 heavy (non-hydrogen) atoms. The van der Waals surface area contributed by atoms with Crippen LogP contribution < -0.4 is 10.6 Å². The van der Waals surface area contributed by atoms with Crippen molar-refractivity contribution >= 4 is 17.7 Å². The molecule has 7 heteroatoms. The van der Waals surface area contributed by atoms with Crippen molar-refractivity contribution in [2.45, 2.75) is 13.3 Å². The fourth-order valence-corrected chi connectivity index (χ4v) is 2.62. The number of carbonyl (C=O) groups is 3. The minimum atomic E-state index is -0.211. The van der Waals surface area contributed by atoms with Gasteiger partial charge in [-0.25, -0.2) is 0 Å². The van der Waals surface area contributed by atoms with E-state index in [2.05, 4.69) is 10.6 Å². The van der Waals surface area contributed by atoms with E-state index in [1.54, 1.807) is 4.90 Å². The Morgan fingerprint density at radius 2 is 2.00 bits per heavy atom. The van der Waals surface area contributed by atoms with Crippen molar-refractivity contribution in [3.8, 4) is 0 Å². The summed E-state index contributed by atoms with van der Waals surface area (Å²) >= 11 is 0. The highest BCUT2D eigenvalue weighted by molar-refractivity contribution is 5.89. The molecule has 0 saturated carbocycles. The van der Waals surface area contributed by atoms with Gasteiger partial charge in [-0.05, 0) is 6.92 Å². The number of nitrogens with zero attached hydrogens (tertiary/aromatic N) is 2. The van der Waals surface area contributed by atoms with Crippen LogP contribution in [0.15, 0.2) is 0 Å². The number of hydrogen-bond acceptors (Lipinski definition) is 4. The van der Waals surface area contributed by atoms with Crippen LogP contribution in [-0.2, 0) is 14.4 Å². The molecule has 2 rings (SSSR count). The van der Waals surface area contributed by atoms with E-state index < -0.39 is 0 Å². The first-order chi connectivity index (χ1) is 9.60. The van der Waals surface area contributed by atoms with Gasteiger partial charge in [0.25, 0.3) is 0 Å². The van der Waals surface area contributed by atoms with Crippen molar-refractivity contribution in [3.05, 3.63) is 0 Å². The summed E-state index contributed by atoms with van der Waals surface area (Å²) in [6.45, 7) is 6.04. The average Bonchev–Trinajstić information content (AvgIpc) is 2.86. The minimum absolute atomic E-state index is 0.0258. The van der Waals surface area contributed by atoms with Crippen molar-refractivity contribution in [3.63, 3.8) is 0 Å². The topological polar surface area (TPSA) is 81.8 Å². The summed E-state index contributed by atoms with van der Waals surface area (Å²) in [7, 11) is 0. The maximum atomic E-state index is 12.2. The van der Waals surface area contributed by atoms with Gasteiger partial charge in [0.15, 0.2) is 0 Å². The molecule has 3 amide bonds. The Morgan fingerprint density at radius 3 is 2.55 bits per heavy atom. The second kappa shape index (κ2) is 6.69. The molecule has 7 nitrogen and oxygen atoms in total. The van der Waals surface area contributed by atoms with Crippen LogP contribution in [0, 0.1) is 5.92 Å². The van der Waals surface area contributed by atoms with E-state index >= 15 is 0 Å². The van der Waals surface area contributed by atoms with Crippen molar-refractivity contribution in [1.82, 2.24) is 20.4 Å². The van der Waals surface area contributed by atoms with Crippen molar-refractivity contribution in [1.29, 1.82) is 0 Å². The molecule has 0 aliphatic carbocycles. The minimum Gasteiger partial charge on any atom is -0.355 e. The summed E-state index contributed by atoms with van der Waals surface area (Å²) in [6.07, 6.45) is 0.304. The van der Waals surface area contributed by atoms with Gasteiger partial charge >= 0.3 is 0 Å². The lowest BCUT2D eigenvalue weighted by Gasteiger charge is -2.35. The Morgan fingerprint density at radius 1 is 1.30 bits per heavy atom. The van der Waals surface area contributed by atoms with Crippen LogP contribution in [0.1, 0.15) is 13.3 Å². The quantitative estimate of drug-likeness (QED) is 0.651. The number of piperazine rings is 1. The van der Waals surface area contributed by atoms with Gasteiger partial charge in [0.1, 0.15) is 0 Å². The number of hydrogen-bond donors (Lipinski definition) is 2. The molecule has 0 aromatic heterocycles. The number of carbonyl (C=O) groups excluding carboxylic acids is 3. The van der Waals surface area contributed by atoms with Crippen LogP contribution >= 0.6 is 0 Å². The van der Waals surface area contributed by atoms with Gasteiger partial charge in [-0.1, -0.05) is 0 Å². The van der Waals surface area contributed by atoms with E-state index in [-0.39, 0.29) is 23.6 Å². The third kappa shape index (κ3) is 3.69. The predicted octanol–water partition coefficient (Wildman–Crippen LogP) is -1.60. The van der Waals surface area contributed by atoms with Gasteiger partial charge in [0.2, 0.25) is 17.7 Å². The van der Waals surface area contributed by atoms with Crippen molar-refractivity contribution < 1.29 is 14.4 Å². The van der Waals surface area contributed by atoms with Crippen molar-refractivity contribution in [2.24, 2.45) is 5.92 Å². The Labute approximate surface area is 118 Å². The van der Waals surface area contributed by atoms with Crippen LogP contribution in [0.25, 0.3) is 0 Å². The second-order valence-corrected chi connectivity index (χ2v) is 5.26. The van der Waals surface area contributed by atoms with Crippen LogP contribution in [0.3, 0.4) is 0 Å². The van der Waals surface area contributed by atoms with Crippen LogP contribution in [-0.4, -0.2) is 73.3 Å². The van der Waals surface area contributed by atoms with Crippen molar-refractivity contribution in [2.75, 3.05) is 45.8 Å². The van der Waals surface area contributed by atoms with E-state index in [1.807, 2.05) is 11.8 Å². The molecule has 2 aliphatic heterocycles. The highest BCUT2D eigenvalue weighted by atomic mass is 16.2. The monoisotopic (exact) mass is 282 g/mol. The largest absolute Gasteiger partial charge is 0.355 e. The zero-order chi connectivity index (χ0) is 14.5. The summed E-state index contributed by atoms with van der Waals surface area (Å²) in [6, 6.07) is 0. The molecule has 2 fully saturated rings. The lowest BCUT2D eigenvalue weighted by molar-refractivity contribution is -0.137. The van der Waals surface area contributed by atoms with E-state index in [0.29, 0.717) is 52.2 Å². The lowest BCUT2D eigenvalue weighted by Crippen LogP contribution is -2.52. The van der Waals surface area contributed by atoms with Crippen LogP contribution in [0.2, 0.25) is 0 Å². The van der Waals surface area contributed by atoms with Crippen LogP contribution in [0.4, 0.5) is 0 Å². The molecule has 0 radical (unpaired) electrons. The van der Waals surface area contributed by atoms with E-state index in [1.165, 1.54) is 0 Å². The number of rotatable bonds is 4. The highest BCUT2D eigenvalue weighted by Crippen LogP contribution is 2.14. The Kier molecular flexibility index (Phi) is 4.94. The van der Waals surface area contributed by atoms with E-state index in [4.69, 9.17) is 0 Å². The third-order valence-electron chi connectivity index (χ3n) is 3.75. The second-order valence-electron chi connectivity index (χ2n) is 5.26. The molecule has 2 aliphatic rings. The molecule has 0 bridgehead atoms. The fraction of sp³-hybridized carbons (Fsp3) is 0.769. The van der Waals surface area contributed by atoms with Gasteiger partial charge < -0.3 is 15.5 Å². The fourth-order valence-electron chi connectivity index (χ4n) is 2.62. The molecule has 0 aromatic carbocycles. The SMILES string of the molecule is CCNC(=O)CN1CCN(C(=O)C2CNC(=O)C2)CC1. The van der Waals surface area contributed by atoms with E-state index in [9.17, 15) is 14.4 Å². The highest BCUT2D eigenvalue weighted by Gasteiger charge is 2.32. The molecule has 2 N–H and O–H groups in total. The molecular formula is C13H22N4O3. The molecule has 2 saturated heterocycles. The number of amides is 3. The maximum absolute atomic E-state index is 12.2. The van der Waals surface area contributed by atoms with Crippen LogP contribution in [0.5, 0.6) is 0 Å². The molecular weight excluding hydrogens is 260 g/mol. The summed E-state index contributed by atoms with van der Waals surface area (Å²) < 4.78 is 0.